The molecule has 2 amide bonds. The van der Waals surface area contributed by atoms with Crippen molar-refractivity contribution in [3.05, 3.63) is 94.9 Å². The summed E-state index contributed by atoms with van der Waals surface area (Å²) in [6.45, 7) is 0.267. The fraction of sp³-hybridized carbons (Fsp3) is 0.148. The van der Waals surface area contributed by atoms with Gasteiger partial charge in [0.05, 0.1) is 17.7 Å². The first-order chi connectivity index (χ1) is 17.0. The van der Waals surface area contributed by atoms with Gasteiger partial charge in [0.25, 0.3) is 11.8 Å². The number of aliphatic imine (C=N–C) groups is 1. The van der Waals surface area contributed by atoms with Crippen LogP contribution in [0.4, 0.5) is 5.69 Å². The van der Waals surface area contributed by atoms with E-state index in [4.69, 9.17) is 20.2 Å². The van der Waals surface area contributed by atoms with Crippen molar-refractivity contribution in [1.82, 2.24) is 4.90 Å². The first-order valence-corrected chi connectivity index (χ1v) is 11.8. The Morgan fingerprint density at radius 1 is 1.03 bits per heavy atom. The van der Waals surface area contributed by atoms with Crippen molar-refractivity contribution in [2.75, 3.05) is 20.3 Å². The minimum atomic E-state index is -0.577. The van der Waals surface area contributed by atoms with Gasteiger partial charge < -0.3 is 15.2 Å². The molecule has 2 N–H and O–H groups in total. The SMILES string of the molecule is COc1cc(/C=C2/SC(=Nc3ccccc3)N(CCc3ccccc3)C2=O)ccc1OCC(N)=O. The molecule has 0 aromatic heterocycles. The highest BCUT2D eigenvalue weighted by Crippen LogP contribution is 2.36. The number of methoxy groups -OCH3 is 1. The number of amidine groups is 1. The molecule has 1 aliphatic rings. The topological polar surface area (TPSA) is 94.2 Å². The second kappa shape index (κ2) is 11.4. The van der Waals surface area contributed by atoms with E-state index in [0.29, 0.717) is 34.5 Å². The van der Waals surface area contributed by atoms with Gasteiger partial charge in [0, 0.05) is 6.54 Å². The van der Waals surface area contributed by atoms with E-state index in [2.05, 4.69) is 0 Å². The third-order valence-electron chi connectivity index (χ3n) is 5.19. The van der Waals surface area contributed by atoms with Gasteiger partial charge in [-0.05, 0) is 59.7 Å². The number of benzene rings is 3. The normalized spacial score (nSPS) is 15.6. The van der Waals surface area contributed by atoms with E-state index >= 15 is 0 Å². The summed E-state index contributed by atoms with van der Waals surface area (Å²) in [6.07, 6.45) is 2.52. The number of ether oxygens (including phenoxy) is 2. The Morgan fingerprint density at radius 3 is 2.43 bits per heavy atom. The number of amides is 2. The van der Waals surface area contributed by atoms with Crippen molar-refractivity contribution < 1.29 is 19.1 Å². The molecule has 3 aromatic rings. The maximum Gasteiger partial charge on any atom is 0.266 e. The molecule has 0 aliphatic carbocycles. The molecule has 0 spiro atoms. The lowest BCUT2D eigenvalue weighted by Gasteiger charge is -2.15. The number of rotatable bonds is 9. The van der Waals surface area contributed by atoms with E-state index in [-0.39, 0.29) is 12.5 Å². The fourth-order valence-electron chi connectivity index (χ4n) is 3.48. The summed E-state index contributed by atoms with van der Waals surface area (Å²) in [5.41, 5.74) is 7.85. The summed E-state index contributed by atoms with van der Waals surface area (Å²) < 4.78 is 10.8. The van der Waals surface area contributed by atoms with Gasteiger partial charge >= 0.3 is 0 Å². The van der Waals surface area contributed by atoms with Crippen LogP contribution in [-0.2, 0) is 16.0 Å². The zero-order chi connectivity index (χ0) is 24.6. The van der Waals surface area contributed by atoms with Crippen LogP contribution in [0.15, 0.2) is 88.8 Å². The van der Waals surface area contributed by atoms with Gasteiger partial charge in [0.2, 0.25) is 0 Å². The maximum absolute atomic E-state index is 13.4. The fourth-order valence-corrected chi connectivity index (χ4v) is 4.51. The Labute approximate surface area is 208 Å². The molecule has 1 fully saturated rings. The number of primary amides is 1. The third-order valence-corrected chi connectivity index (χ3v) is 6.20. The molecular formula is C27H25N3O4S. The van der Waals surface area contributed by atoms with Crippen molar-refractivity contribution >= 4 is 40.5 Å². The molecule has 1 saturated heterocycles. The van der Waals surface area contributed by atoms with Crippen LogP contribution >= 0.6 is 11.8 Å². The number of nitrogens with two attached hydrogens (primary N) is 1. The number of hydrogen-bond acceptors (Lipinski definition) is 6. The van der Waals surface area contributed by atoms with Gasteiger partial charge in [-0.2, -0.15) is 0 Å². The highest BCUT2D eigenvalue weighted by atomic mass is 32.2. The number of hydrogen-bond donors (Lipinski definition) is 1. The van der Waals surface area contributed by atoms with E-state index in [1.165, 1.54) is 18.9 Å². The second-order valence-corrected chi connectivity index (χ2v) is 8.71. The van der Waals surface area contributed by atoms with Crippen LogP contribution in [0.2, 0.25) is 0 Å². The van der Waals surface area contributed by atoms with Gasteiger partial charge in [0.15, 0.2) is 23.3 Å². The van der Waals surface area contributed by atoms with Gasteiger partial charge in [0.1, 0.15) is 0 Å². The largest absolute Gasteiger partial charge is 0.493 e. The number of thioether (sulfide) groups is 1. The first kappa shape index (κ1) is 24.1. The van der Waals surface area contributed by atoms with Crippen LogP contribution in [0.3, 0.4) is 0 Å². The van der Waals surface area contributed by atoms with Crippen molar-refractivity contribution in [2.24, 2.45) is 10.7 Å². The van der Waals surface area contributed by atoms with E-state index in [1.54, 1.807) is 29.2 Å². The van der Waals surface area contributed by atoms with Crippen LogP contribution in [-0.4, -0.2) is 42.1 Å². The Bertz CT molecular complexity index is 1260. The number of para-hydroxylation sites is 1. The minimum Gasteiger partial charge on any atom is -0.493 e. The van der Waals surface area contributed by atoms with Gasteiger partial charge in [-0.1, -0.05) is 54.6 Å². The molecule has 0 saturated carbocycles. The van der Waals surface area contributed by atoms with Gasteiger partial charge in [-0.15, -0.1) is 0 Å². The van der Waals surface area contributed by atoms with Crippen molar-refractivity contribution in [3.8, 4) is 11.5 Å². The summed E-state index contributed by atoms with van der Waals surface area (Å²) in [7, 11) is 1.51. The molecule has 0 radical (unpaired) electrons. The maximum atomic E-state index is 13.4. The average molecular weight is 488 g/mol. The minimum absolute atomic E-state index is 0.103. The molecule has 1 aliphatic heterocycles. The van der Waals surface area contributed by atoms with Gasteiger partial charge in [-0.3, -0.25) is 14.5 Å². The van der Waals surface area contributed by atoms with Crippen molar-refractivity contribution in [2.45, 2.75) is 6.42 Å². The molecule has 8 heteroatoms. The van der Waals surface area contributed by atoms with Crippen LogP contribution in [0.1, 0.15) is 11.1 Å². The van der Waals surface area contributed by atoms with E-state index in [9.17, 15) is 9.59 Å². The summed E-state index contributed by atoms with van der Waals surface area (Å²) in [6, 6.07) is 24.9. The average Bonchev–Trinajstić information content (AvgIpc) is 3.16. The molecule has 3 aromatic carbocycles. The van der Waals surface area contributed by atoms with E-state index < -0.39 is 5.91 Å². The Hall–Kier alpha value is -4.04. The molecule has 0 bridgehead atoms. The van der Waals surface area contributed by atoms with Gasteiger partial charge in [-0.25, -0.2) is 4.99 Å². The van der Waals surface area contributed by atoms with Crippen molar-refractivity contribution in [3.63, 3.8) is 0 Å². The number of carbonyl (C=O) groups is 2. The molecule has 4 rings (SSSR count). The zero-order valence-corrected chi connectivity index (χ0v) is 20.0. The molecular weight excluding hydrogens is 462 g/mol. The highest BCUT2D eigenvalue weighted by molar-refractivity contribution is 8.18. The molecule has 178 valence electrons. The lowest BCUT2D eigenvalue weighted by molar-refractivity contribution is -0.122. The molecule has 35 heavy (non-hydrogen) atoms. The quantitative estimate of drug-likeness (QED) is 0.452. The predicted molar refractivity (Wildman–Crippen MR) is 139 cm³/mol. The highest BCUT2D eigenvalue weighted by Gasteiger charge is 2.33. The Morgan fingerprint density at radius 2 is 1.74 bits per heavy atom. The van der Waals surface area contributed by atoms with Crippen LogP contribution in [0.5, 0.6) is 11.5 Å². The molecule has 1 heterocycles. The number of nitrogens with zero attached hydrogens (tertiary/aromatic N) is 2. The summed E-state index contributed by atoms with van der Waals surface area (Å²) >= 11 is 1.34. The second-order valence-electron chi connectivity index (χ2n) is 7.70. The Balaban J connectivity index is 1.60. The summed E-state index contributed by atoms with van der Waals surface area (Å²) in [5.74, 6) is 0.158. The Kier molecular flexibility index (Phi) is 7.84. The number of carbonyl (C=O) groups excluding carboxylic acids is 2. The van der Waals surface area contributed by atoms with Crippen molar-refractivity contribution in [1.29, 1.82) is 0 Å². The summed E-state index contributed by atoms with van der Waals surface area (Å²) in [4.78, 5) is 31.4. The van der Waals surface area contributed by atoms with Crippen LogP contribution < -0.4 is 15.2 Å². The zero-order valence-electron chi connectivity index (χ0n) is 19.2. The van der Waals surface area contributed by atoms with Crippen LogP contribution in [0.25, 0.3) is 6.08 Å². The lowest BCUT2D eigenvalue weighted by Crippen LogP contribution is -2.31. The summed E-state index contributed by atoms with van der Waals surface area (Å²) in [5, 5.41) is 0.636. The first-order valence-electron chi connectivity index (χ1n) is 11.0. The third kappa shape index (κ3) is 6.30. The van der Waals surface area contributed by atoms with E-state index in [0.717, 1.165) is 16.8 Å². The monoisotopic (exact) mass is 487 g/mol. The molecule has 7 nitrogen and oxygen atoms in total. The smallest absolute Gasteiger partial charge is 0.266 e. The standard InChI is InChI=1S/C27H25N3O4S/c1-33-23-16-20(12-13-22(23)34-18-25(28)31)17-24-26(32)30(15-14-19-8-4-2-5-9-19)27(35-24)29-21-10-6-3-7-11-21/h2-13,16-17H,14-15,18H2,1H3,(H2,28,31)/b24-17+,29-27?. The van der Waals surface area contributed by atoms with Crippen LogP contribution in [0, 0.1) is 0 Å². The molecule has 0 unspecified atom stereocenters. The van der Waals surface area contributed by atoms with E-state index in [1.807, 2.05) is 60.7 Å². The predicted octanol–water partition coefficient (Wildman–Crippen LogP) is 4.41. The molecule has 0 atom stereocenters. The lowest BCUT2D eigenvalue weighted by atomic mass is 10.1.